The van der Waals surface area contributed by atoms with Crippen molar-refractivity contribution in [3.8, 4) is 34.5 Å². The van der Waals surface area contributed by atoms with Crippen molar-refractivity contribution in [3.63, 3.8) is 0 Å². The topological polar surface area (TPSA) is 77.4 Å². The third-order valence-corrected chi connectivity index (χ3v) is 4.36. The molecule has 2 unspecified atom stereocenters. The Morgan fingerprint density at radius 2 is 1.87 bits per heavy atom. The molecule has 0 saturated carbocycles. The Balaban J connectivity index is 1.86. The van der Waals surface area contributed by atoms with Crippen molar-refractivity contribution in [2.75, 3.05) is 20.8 Å². The lowest BCUT2D eigenvalue weighted by atomic mass is 9.88. The Morgan fingerprint density at radius 3 is 2.61 bits per heavy atom. The van der Waals surface area contributed by atoms with Crippen molar-refractivity contribution < 1.29 is 29.2 Å². The van der Waals surface area contributed by atoms with E-state index in [2.05, 4.69) is 0 Å². The van der Waals surface area contributed by atoms with Gasteiger partial charge in [-0.15, -0.1) is 0 Å². The van der Waals surface area contributed by atoms with Crippen LogP contribution in [0.4, 0.5) is 0 Å². The smallest absolute Gasteiger partial charge is 0.201 e. The maximum Gasteiger partial charge on any atom is 0.201 e. The molecule has 2 N–H and O–H groups in total. The van der Waals surface area contributed by atoms with Crippen LogP contribution in [0.1, 0.15) is 23.1 Å². The minimum Gasteiger partial charge on any atom is -0.508 e. The highest BCUT2D eigenvalue weighted by Crippen LogP contribution is 2.59. The Morgan fingerprint density at radius 1 is 1.09 bits per heavy atom. The normalized spacial score (nSPS) is 20.6. The van der Waals surface area contributed by atoms with E-state index >= 15 is 0 Å². The second kappa shape index (κ2) is 4.87. The molecule has 0 amide bonds. The third kappa shape index (κ3) is 1.87. The van der Waals surface area contributed by atoms with Crippen LogP contribution in [0.25, 0.3) is 0 Å². The van der Waals surface area contributed by atoms with Gasteiger partial charge < -0.3 is 29.2 Å². The zero-order chi connectivity index (χ0) is 16.1. The standard InChI is InChI=1S/C17H16O6/c1-20-12-6-13(21-2)15(19)17-14(12)10-7-22-11-5-8(18)3-4-9(11)16(10)23-17/h3-6,10,16,18-19H,7H2,1-2H3. The first-order chi connectivity index (χ1) is 11.1. The van der Waals surface area contributed by atoms with E-state index < -0.39 is 0 Å². The molecule has 2 atom stereocenters. The first-order valence-corrected chi connectivity index (χ1v) is 7.24. The highest BCUT2D eigenvalue weighted by molar-refractivity contribution is 5.65. The molecule has 0 spiro atoms. The van der Waals surface area contributed by atoms with E-state index in [1.54, 1.807) is 31.4 Å². The number of fused-ring (bicyclic) bond motifs is 5. The van der Waals surface area contributed by atoms with Crippen molar-refractivity contribution in [1.82, 2.24) is 0 Å². The van der Waals surface area contributed by atoms with Gasteiger partial charge in [0.15, 0.2) is 11.5 Å². The molecule has 2 aliphatic heterocycles. The molecule has 6 heteroatoms. The van der Waals surface area contributed by atoms with Gasteiger partial charge in [0, 0.05) is 17.7 Å². The first kappa shape index (κ1) is 13.9. The van der Waals surface area contributed by atoms with Gasteiger partial charge in [0.2, 0.25) is 5.75 Å². The Labute approximate surface area is 132 Å². The molecule has 6 nitrogen and oxygen atoms in total. The van der Waals surface area contributed by atoms with Crippen LogP contribution in [-0.2, 0) is 0 Å². The predicted molar refractivity (Wildman–Crippen MR) is 80.9 cm³/mol. The Hall–Kier alpha value is -2.76. The van der Waals surface area contributed by atoms with Crippen molar-refractivity contribution in [3.05, 3.63) is 35.4 Å². The van der Waals surface area contributed by atoms with E-state index in [4.69, 9.17) is 18.9 Å². The number of hydrogen-bond donors (Lipinski definition) is 2. The molecule has 0 aromatic heterocycles. The van der Waals surface area contributed by atoms with Gasteiger partial charge in [-0.3, -0.25) is 0 Å². The molecule has 4 rings (SSSR count). The van der Waals surface area contributed by atoms with Gasteiger partial charge in [0.1, 0.15) is 23.4 Å². The van der Waals surface area contributed by atoms with E-state index in [0.717, 1.165) is 11.1 Å². The van der Waals surface area contributed by atoms with E-state index in [1.165, 1.54) is 7.11 Å². The summed E-state index contributed by atoms with van der Waals surface area (Å²) in [6, 6.07) is 6.57. The number of rotatable bonds is 2. The fraction of sp³-hybridized carbons (Fsp3) is 0.294. The predicted octanol–water partition coefficient (Wildman–Crippen LogP) is 2.72. The lowest BCUT2D eigenvalue weighted by Gasteiger charge is -2.28. The number of phenolic OH excluding ortho intramolecular Hbond substituents is 2. The second-order valence-corrected chi connectivity index (χ2v) is 5.55. The number of aromatic hydroxyl groups is 2. The summed E-state index contributed by atoms with van der Waals surface area (Å²) < 4.78 is 22.4. The molecular weight excluding hydrogens is 300 g/mol. The number of ether oxygens (including phenoxy) is 4. The van der Waals surface area contributed by atoms with Gasteiger partial charge in [-0.1, -0.05) is 0 Å². The van der Waals surface area contributed by atoms with Gasteiger partial charge >= 0.3 is 0 Å². The van der Waals surface area contributed by atoms with Gasteiger partial charge in [0.05, 0.1) is 32.3 Å². The second-order valence-electron chi connectivity index (χ2n) is 5.55. The summed E-state index contributed by atoms with van der Waals surface area (Å²) in [5, 5.41) is 20.0. The average Bonchev–Trinajstić information content (AvgIpc) is 2.95. The van der Waals surface area contributed by atoms with Crippen LogP contribution in [0, 0.1) is 0 Å². The number of methoxy groups -OCH3 is 2. The fourth-order valence-corrected chi connectivity index (χ4v) is 3.29. The first-order valence-electron chi connectivity index (χ1n) is 7.24. The molecule has 2 aromatic carbocycles. The van der Waals surface area contributed by atoms with Crippen LogP contribution in [0.5, 0.6) is 34.5 Å². The van der Waals surface area contributed by atoms with Crippen LogP contribution < -0.4 is 18.9 Å². The Kier molecular flexibility index (Phi) is 2.94. The highest BCUT2D eigenvalue weighted by atomic mass is 16.5. The molecule has 0 fully saturated rings. The van der Waals surface area contributed by atoms with Gasteiger partial charge in [-0.25, -0.2) is 0 Å². The molecule has 2 aliphatic rings. The number of hydrogen-bond acceptors (Lipinski definition) is 6. The maximum absolute atomic E-state index is 10.4. The SMILES string of the molecule is COc1cc(OC)c2c(c1O)OC1c3ccc(O)cc3OCC21. The lowest BCUT2D eigenvalue weighted by molar-refractivity contribution is 0.136. The number of benzene rings is 2. The van der Waals surface area contributed by atoms with Gasteiger partial charge in [-0.2, -0.15) is 0 Å². The molecule has 2 aromatic rings. The third-order valence-electron chi connectivity index (χ3n) is 4.36. The van der Waals surface area contributed by atoms with Gasteiger partial charge in [-0.05, 0) is 12.1 Å². The lowest BCUT2D eigenvalue weighted by Crippen LogP contribution is -2.23. The highest BCUT2D eigenvalue weighted by Gasteiger charge is 2.45. The summed E-state index contributed by atoms with van der Waals surface area (Å²) in [4.78, 5) is 0. The molecule has 0 bridgehead atoms. The van der Waals surface area contributed by atoms with Crippen molar-refractivity contribution in [2.24, 2.45) is 0 Å². The zero-order valence-electron chi connectivity index (χ0n) is 12.7. The Bertz CT molecular complexity index is 785. The molecule has 2 heterocycles. The fourth-order valence-electron chi connectivity index (χ4n) is 3.29. The summed E-state index contributed by atoms with van der Waals surface area (Å²) in [5.41, 5.74) is 1.60. The van der Waals surface area contributed by atoms with Crippen LogP contribution in [0.3, 0.4) is 0 Å². The molecule has 120 valence electrons. The summed E-state index contributed by atoms with van der Waals surface area (Å²) in [5.74, 6) is 1.83. The average molecular weight is 316 g/mol. The molecule has 0 aliphatic carbocycles. The number of phenols is 2. The summed E-state index contributed by atoms with van der Waals surface area (Å²) in [7, 11) is 3.04. The molecular formula is C17H16O6. The van der Waals surface area contributed by atoms with Crippen LogP contribution in [0.2, 0.25) is 0 Å². The minimum absolute atomic E-state index is 0.0435. The van der Waals surface area contributed by atoms with E-state index in [9.17, 15) is 10.2 Å². The summed E-state index contributed by atoms with van der Waals surface area (Å²) in [6.07, 6.45) is -0.304. The van der Waals surface area contributed by atoms with E-state index in [1.807, 2.05) is 0 Å². The monoisotopic (exact) mass is 316 g/mol. The summed E-state index contributed by atoms with van der Waals surface area (Å²) in [6.45, 7) is 0.371. The van der Waals surface area contributed by atoms with Crippen LogP contribution in [0.15, 0.2) is 24.3 Å². The van der Waals surface area contributed by atoms with Crippen molar-refractivity contribution >= 4 is 0 Å². The molecule has 0 radical (unpaired) electrons. The van der Waals surface area contributed by atoms with E-state index in [-0.39, 0.29) is 23.5 Å². The van der Waals surface area contributed by atoms with Crippen molar-refractivity contribution in [2.45, 2.75) is 12.0 Å². The summed E-state index contributed by atoms with van der Waals surface area (Å²) >= 11 is 0. The minimum atomic E-state index is -0.304. The maximum atomic E-state index is 10.4. The van der Waals surface area contributed by atoms with Crippen molar-refractivity contribution in [1.29, 1.82) is 0 Å². The zero-order valence-corrected chi connectivity index (χ0v) is 12.7. The quantitative estimate of drug-likeness (QED) is 0.887. The van der Waals surface area contributed by atoms with Crippen LogP contribution in [-0.4, -0.2) is 31.0 Å². The molecule has 23 heavy (non-hydrogen) atoms. The van der Waals surface area contributed by atoms with Crippen LogP contribution >= 0.6 is 0 Å². The largest absolute Gasteiger partial charge is 0.508 e. The van der Waals surface area contributed by atoms with Gasteiger partial charge in [0.25, 0.3) is 0 Å². The van der Waals surface area contributed by atoms with E-state index in [0.29, 0.717) is 29.6 Å². The molecule has 0 saturated heterocycles.